The van der Waals surface area contributed by atoms with Crippen LogP contribution in [0.25, 0.3) is 0 Å². The van der Waals surface area contributed by atoms with Crippen LogP contribution >= 0.6 is 0 Å². The lowest BCUT2D eigenvalue weighted by Crippen LogP contribution is -2.07. The van der Waals surface area contributed by atoms with Crippen LogP contribution in [0.1, 0.15) is 17.0 Å². The van der Waals surface area contributed by atoms with Crippen LogP contribution in [0.2, 0.25) is 0 Å². The molecule has 0 amide bonds. The molecule has 0 aliphatic carbocycles. The lowest BCUT2D eigenvalue weighted by Gasteiger charge is -2.03. The van der Waals surface area contributed by atoms with Gasteiger partial charge in [0.05, 0.1) is 0 Å². The van der Waals surface area contributed by atoms with Crippen LogP contribution in [-0.2, 0) is 13.0 Å². The summed E-state index contributed by atoms with van der Waals surface area (Å²) in [5, 5.41) is 2.99. The Kier molecular flexibility index (Phi) is 3.94. The van der Waals surface area contributed by atoms with Gasteiger partial charge in [-0.2, -0.15) is 0 Å². The SMILES string of the molecule is CNCc1cnc(Cc2cc(F)cc(F)c2)nc1. The van der Waals surface area contributed by atoms with E-state index in [0.29, 0.717) is 24.4 Å². The number of nitrogens with zero attached hydrogens (tertiary/aromatic N) is 2. The Morgan fingerprint density at radius 2 is 1.61 bits per heavy atom. The van der Waals surface area contributed by atoms with Crippen LogP contribution in [0.4, 0.5) is 8.78 Å². The van der Waals surface area contributed by atoms with Gasteiger partial charge in [0.15, 0.2) is 0 Å². The van der Waals surface area contributed by atoms with Gasteiger partial charge in [0.2, 0.25) is 0 Å². The highest BCUT2D eigenvalue weighted by molar-refractivity contribution is 5.21. The Labute approximate surface area is 104 Å². The second-order valence-electron chi connectivity index (χ2n) is 3.99. The molecule has 0 saturated carbocycles. The maximum atomic E-state index is 13.0. The Morgan fingerprint density at radius 3 is 2.17 bits per heavy atom. The molecule has 1 N–H and O–H groups in total. The third-order valence-corrected chi connectivity index (χ3v) is 2.42. The number of benzene rings is 1. The van der Waals surface area contributed by atoms with Crippen molar-refractivity contribution in [2.45, 2.75) is 13.0 Å². The van der Waals surface area contributed by atoms with E-state index in [1.165, 1.54) is 12.1 Å². The minimum Gasteiger partial charge on any atom is -0.316 e. The summed E-state index contributed by atoms with van der Waals surface area (Å²) in [6.45, 7) is 0.689. The average molecular weight is 249 g/mol. The Balaban J connectivity index is 2.13. The van der Waals surface area contributed by atoms with Gasteiger partial charge in [0.25, 0.3) is 0 Å². The fourth-order valence-corrected chi connectivity index (χ4v) is 1.66. The molecule has 1 aromatic carbocycles. The summed E-state index contributed by atoms with van der Waals surface area (Å²) in [6.07, 6.45) is 3.72. The molecule has 3 nitrogen and oxygen atoms in total. The van der Waals surface area contributed by atoms with Gasteiger partial charge in [-0.1, -0.05) is 0 Å². The van der Waals surface area contributed by atoms with Gasteiger partial charge in [-0.3, -0.25) is 0 Å². The number of halogens is 2. The van der Waals surface area contributed by atoms with Crippen LogP contribution in [0, 0.1) is 11.6 Å². The van der Waals surface area contributed by atoms with Crippen LogP contribution in [0.5, 0.6) is 0 Å². The highest BCUT2D eigenvalue weighted by Gasteiger charge is 2.04. The van der Waals surface area contributed by atoms with Gasteiger partial charge < -0.3 is 5.32 Å². The normalized spacial score (nSPS) is 10.6. The van der Waals surface area contributed by atoms with Gasteiger partial charge in [-0.25, -0.2) is 18.7 Å². The first-order valence-corrected chi connectivity index (χ1v) is 5.57. The van der Waals surface area contributed by atoms with Crippen molar-refractivity contribution in [1.82, 2.24) is 15.3 Å². The van der Waals surface area contributed by atoms with Crippen molar-refractivity contribution in [2.24, 2.45) is 0 Å². The molecule has 0 atom stereocenters. The molecule has 0 spiro atoms. The molecule has 0 saturated heterocycles. The molecule has 18 heavy (non-hydrogen) atoms. The van der Waals surface area contributed by atoms with Gasteiger partial charge >= 0.3 is 0 Å². The predicted octanol–water partition coefficient (Wildman–Crippen LogP) is 2.07. The van der Waals surface area contributed by atoms with Crippen molar-refractivity contribution < 1.29 is 8.78 Å². The van der Waals surface area contributed by atoms with Crippen molar-refractivity contribution >= 4 is 0 Å². The van der Waals surface area contributed by atoms with Gasteiger partial charge in [-0.15, -0.1) is 0 Å². The third-order valence-electron chi connectivity index (χ3n) is 2.42. The first-order valence-electron chi connectivity index (χ1n) is 5.57. The molecule has 2 aromatic rings. The van der Waals surface area contributed by atoms with Crippen LogP contribution in [-0.4, -0.2) is 17.0 Å². The molecular weight excluding hydrogens is 236 g/mol. The monoisotopic (exact) mass is 249 g/mol. The first-order chi connectivity index (χ1) is 8.67. The van der Waals surface area contributed by atoms with Crippen molar-refractivity contribution in [3.05, 3.63) is 59.2 Å². The number of hydrogen-bond acceptors (Lipinski definition) is 3. The number of aromatic nitrogens is 2. The highest BCUT2D eigenvalue weighted by Crippen LogP contribution is 2.11. The number of nitrogens with one attached hydrogen (secondary N) is 1. The zero-order valence-electron chi connectivity index (χ0n) is 9.95. The molecule has 5 heteroatoms. The lowest BCUT2D eigenvalue weighted by molar-refractivity contribution is 0.580. The average Bonchev–Trinajstić information content (AvgIpc) is 2.31. The van der Waals surface area contributed by atoms with Crippen molar-refractivity contribution in [1.29, 1.82) is 0 Å². The molecule has 0 aliphatic heterocycles. The minimum atomic E-state index is -0.586. The van der Waals surface area contributed by atoms with E-state index in [1.807, 2.05) is 7.05 Å². The number of hydrogen-bond donors (Lipinski definition) is 1. The second kappa shape index (κ2) is 5.64. The summed E-state index contributed by atoms with van der Waals surface area (Å²) in [7, 11) is 1.84. The maximum Gasteiger partial charge on any atom is 0.132 e. The van der Waals surface area contributed by atoms with E-state index in [9.17, 15) is 8.78 Å². The smallest absolute Gasteiger partial charge is 0.132 e. The molecule has 2 rings (SSSR count). The molecule has 94 valence electrons. The molecule has 0 unspecified atom stereocenters. The van der Waals surface area contributed by atoms with Crippen LogP contribution in [0.3, 0.4) is 0 Å². The third kappa shape index (κ3) is 3.30. The van der Waals surface area contributed by atoms with E-state index in [4.69, 9.17) is 0 Å². The molecule has 0 aliphatic rings. The predicted molar refractivity (Wildman–Crippen MR) is 64.0 cm³/mol. The highest BCUT2D eigenvalue weighted by atomic mass is 19.1. The van der Waals surface area contributed by atoms with E-state index in [1.54, 1.807) is 12.4 Å². The Hall–Kier alpha value is -1.88. The minimum absolute atomic E-state index is 0.314. The molecule has 1 aromatic heterocycles. The van der Waals surface area contributed by atoms with Crippen molar-refractivity contribution in [3.63, 3.8) is 0 Å². The molecule has 0 fully saturated rings. The fraction of sp³-hybridized carbons (Fsp3) is 0.231. The summed E-state index contributed by atoms with van der Waals surface area (Å²) in [6, 6.07) is 3.42. The largest absolute Gasteiger partial charge is 0.316 e. The zero-order valence-corrected chi connectivity index (χ0v) is 9.95. The van der Waals surface area contributed by atoms with E-state index in [2.05, 4.69) is 15.3 Å². The summed E-state index contributed by atoms with van der Waals surface area (Å²) in [5.41, 5.74) is 1.49. The Morgan fingerprint density at radius 1 is 1.00 bits per heavy atom. The zero-order chi connectivity index (χ0) is 13.0. The first kappa shape index (κ1) is 12.6. The summed E-state index contributed by atoms with van der Waals surface area (Å²) < 4.78 is 26.0. The van der Waals surface area contributed by atoms with Crippen LogP contribution < -0.4 is 5.32 Å². The Bertz CT molecular complexity index is 506. The maximum absolute atomic E-state index is 13.0. The van der Waals surface area contributed by atoms with Crippen molar-refractivity contribution in [2.75, 3.05) is 7.05 Å². The molecule has 0 radical (unpaired) electrons. The summed E-state index contributed by atoms with van der Waals surface area (Å²) in [5.74, 6) is -0.631. The van der Waals surface area contributed by atoms with E-state index in [0.717, 1.165) is 11.6 Å². The topological polar surface area (TPSA) is 37.8 Å². The van der Waals surface area contributed by atoms with E-state index in [-0.39, 0.29) is 0 Å². The van der Waals surface area contributed by atoms with Crippen molar-refractivity contribution in [3.8, 4) is 0 Å². The van der Waals surface area contributed by atoms with Gasteiger partial charge in [-0.05, 0) is 24.7 Å². The fourth-order valence-electron chi connectivity index (χ4n) is 1.66. The standard InChI is InChI=1S/C13H13F2N3/c1-16-6-10-7-17-13(18-8-10)4-9-2-11(14)5-12(15)3-9/h2-3,5,7-8,16H,4,6H2,1H3. The van der Waals surface area contributed by atoms with Gasteiger partial charge in [0.1, 0.15) is 17.5 Å². The quantitative estimate of drug-likeness (QED) is 0.901. The number of rotatable bonds is 4. The molecular formula is C13H13F2N3. The second-order valence-corrected chi connectivity index (χ2v) is 3.99. The van der Waals surface area contributed by atoms with E-state index >= 15 is 0 Å². The lowest BCUT2D eigenvalue weighted by atomic mass is 10.1. The van der Waals surface area contributed by atoms with Crippen LogP contribution in [0.15, 0.2) is 30.6 Å². The summed E-state index contributed by atoms with van der Waals surface area (Å²) in [4.78, 5) is 8.31. The molecule has 1 heterocycles. The molecule has 0 bridgehead atoms. The summed E-state index contributed by atoms with van der Waals surface area (Å²) >= 11 is 0. The van der Waals surface area contributed by atoms with Gasteiger partial charge in [0, 0.05) is 37.0 Å². The van der Waals surface area contributed by atoms with E-state index < -0.39 is 11.6 Å².